The van der Waals surface area contributed by atoms with Gasteiger partial charge in [0.25, 0.3) is 0 Å². The lowest BCUT2D eigenvalue weighted by Crippen LogP contribution is -2.11. The highest BCUT2D eigenvalue weighted by Gasteiger charge is 2.21. The molecule has 1 aliphatic rings. The molecule has 3 rings (SSSR count). The van der Waals surface area contributed by atoms with Gasteiger partial charge in [-0.25, -0.2) is 4.79 Å². The first kappa shape index (κ1) is 17.4. The zero-order chi connectivity index (χ0) is 17.6. The van der Waals surface area contributed by atoms with Crippen LogP contribution in [0, 0.1) is 0 Å². The van der Waals surface area contributed by atoms with Crippen LogP contribution in [0.15, 0.2) is 47.5 Å². The van der Waals surface area contributed by atoms with E-state index in [4.69, 9.17) is 4.74 Å². The van der Waals surface area contributed by atoms with Gasteiger partial charge in [-0.05, 0) is 31.7 Å². The van der Waals surface area contributed by atoms with Gasteiger partial charge in [0.2, 0.25) is 0 Å². The number of rotatable bonds is 5. The van der Waals surface area contributed by atoms with Crippen LogP contribution >= 0.6 is 11.3 Å². The van der Waals surface area contributed by atoms with E-state index in [0.29, 0.717) is 23.6 Å². The number of esters is 1. The zero-order valence-electron chi connectivity index (χ0n) is 14.2. The largest absolute Gasteiger partial charge is 0.462 e. The predicted molar refractivity (Wildman–Crippen MR) is 101 cm³/mol. The predicted octanol–water partition coefficient (Wildman–Crippen LogP) is 5.03. The maximum absolute atomic E-state index is 12.5. The van der Waals surface area contributed by atoms with Crippen molar-refractivity contribution in [3.8, 4) is 11.1 Å². The topological polar surface area (TPSA) is 55.4 Å². The van der Waals surface area contributed by atoms with Crippen LogP contribution in [-0.4, -0.2) is 18.4 Å². The molecule has 1 fully saturated rings. The van der Waals surface area contributed by atoms with Crippen molar-refractivity contribution in [1.29, 1.82) is 0 Å². The lowest BCUT2D eigenvalue weighted by Gasteiger charge is -2.13. The Hall–Kier alpha value is -2.40. The van der Waals surface area contributed by atoms with Crippen molar-refractivity contribution >= 4 is 28.1 Å². The van der Waals surface area contributed by atoms with Crippen molar-refractivity contribution in [3.05, 3.63) is 53.0 Å². The van der Waals surface area contributed by atoms with Crippen molar-refractivity contribution in [2.24, 2.45) is 0 Å². The van der Waals surface area contributed by atoms with E-state index in [1.807, 2.05) is 35.7 Å². The van der Waals surface area contributed by atoms with Crippen LogP contribution in [-0.2, 0) is 9.53 Å². The second-order valence-electron chi connectivity index (χ2n) is 5.88. The lowest BCUT2D eigenvalue weighted by atomic mass is 9.94. The molecule has 0 radical (unpaired) electrons. The summed E-state index contributed by atoms with van der Waals surface area (Å²) in [5.74, 6) is -0.158. The van der Waals surface area contributed by atoms with E-state index in [1.165, 1.54) is 11.3 Å². The van der Waals surface area contributed by atoms with Crippen LogP contribution in [0.3, 0.4) is 0 Å². The minimum Gasteiger partial charge on any atom is -0.462 e. The molecule has 5 heteroatoms. The normalized spacial score (nSPS) is 16.0. The van der Waals surface area contributed by atoms with Crippen LogP contribution in [0.1, 0.15) is 43.0 Å². The molecule has 25 heavy (non-hydrogen) atoms. The number of hydrogen-bond acceptors (Lipinski definition) is 5. The average Bonchev–Trinajstić information content (AvgIpc) is 3.06. The number of hydrogen-bond donors (Lipinski definition) is 1. The summed E-state index contributed by atoms with van der Waals surface area (Å²) in [7, 11) is 0. The highest BCUT2D eigenvalue weighted by atomic mass is 32.1. The SMILES string of the molecule is CCOC(=O)c1c(-c2ccccc2)csc1N/C=C1\CCCCC1=O. The van der Waals surface area contributed by atoms with Gasteiger partial charge < -0.3 is 10.1 Å². The smallest absolute Gasteiger partial charge is 0.341 e. The fraction of sp³-hybridized carbons (Fsp3) is 0.300. The summed E-state index contributed by atoms with van der Waals surface area (Å²) in [4.78, 5) is 24.5. The molecule has 0 spiro atoms. The number of nitrogens with one attached hydrogen (secondary N) is 1. The van der Waals surface area contributed by atoms with Crippen molar-refractivity contribution in [2.45, 2.75) is 32.6 Å². The minimum absolute atomic E-state index is 0.191. The molecule has 0 atom stereocenters. The highest BCUT2D eigenvalue weighted by Crippen LogP contribution is 2.36. The molecule has 1 aromatic carbocycles. The molecular weight excluding hydrogens is 334 g/mol. The van der Waals surface area contributed by atoms with E-state index >= 15 is 0 Å². The second kappa shape index (κ2) is 8.12. The Bertz CT molecular complexity index is 793. The number of allylic oxidation sites excluding steroid dienone is 1. The first-order valence-electron chi connectivity index (χ1n) is 8.53. The Morgan fingerprint density at radius 1 is 1.24 bits per heavy atom. The van der Waals surface area contributed by atoms with Gasteiger partial charge in [-0.15, -0.1) is 11.3 Å². The van der Waals surface area contributed by atoms with Gasteiger partial charge in [0.1, 0.15) is 10.6 Å². The summed E-state index contributed by atoms with van der Waals surface area (Å²) >= 11 is 1.45. The number of ether oxygens (including phenoxy) is 1. The third-order valence-electron chi connectivity index (χ3n) is 4.19. The minimum atomic E-state index is -0.349. The third-order valence-corrected chi connectivity index (χ3v) is 5.10. The molecule has 130 valence electrons. The molecule has 0 aliphatic heterocycles. The van der Waals surface area contributed by atoms with E-state index in [-0.39, 0.29) is 11.8 Å². The van der Waals surface area contributed by atoms with Crippen molar-refractivity contribution in [3.63, 3.8) is 0 Å². The monoisotopic (exact) mass is 355 g/mol. The van der Waals surface area contributed by atoms with Gasteiger partial charge in [0, 0.05) is 29.1 Å². The molecule has 0 bridgehead atoms. The third kappa shape index (κ3) is 3.99. The Morgan fingerprint density at radius 2 is 2.00 bits per heavy atom. The molecule has 2 aromatic rings. The second-order valence-corrected chi connectivity index (χ2v) is 6.76. The summed E-state index contributed by atoms with van der Waals surface area (Å²) in [6, 6.07) is 9.77. The molecule has 1 aliphatic carbocycles. The van der Waals surface area contributed by atoms with Gasteiger partial charge in [-0.2, -0.15) is 0 Å². The number of thiophene rings is 1. The molecule has 0 unspecified atom stereocenters. The molecule has 1 heterocycles. The van der Waals surface area contributed by atoms with E-state index < -0.39 is 0 Å². The Morgan fingerprint density at radius 3 is 2.72 bits per heavy atom. The summed E-state index contributed by atoms with van der Waals surface area (Å²) in [5.41, 5.74) is 3.14. The van der Waals surface area contributed by atoms with E-state index in [2.05, 4.69) is 5.32 Å². The molecule has 0 saturated heterocycles. The molecule has 1 N–H and O–H groups in total. The Kier molecular flexibility index (Phi) is 5.66. The summed E-state index contributed by atoms with van der Waals surface area (Å²) in [6.07, 6.45) is 5.14. The van der Waals surface area contributed by atoms with Crippen LogP contribution in [0.2, 0.25) is 0 Å². The molecule has 1 aromatic heterocycles. The number of carbonyl (C=O) groups excluding carboxylic acids is 2. The maximum atomic E-state index is 12.5. The van der Waals surface area contributed by atoms with Gasteiger partial charge in [-0.3, -0.25) is 4.79 Å². The number of anilines is 1. The van der Waals surface area contributed by atoms with Gasteiger partial charge in [0.15, 0.2) is 5.78 Å². The van der Waals surface area contributed by atoms with Gasteiger partial charge in [0.05, 0.1) is 6.61 Å². The Labute approximate surface area is 151 Å². The number of Topliss-reactive ketones (excluding diaryl/α,β-unsaturated/α-hetero) is 1. The van der Waals surface area contributed by atoms with Crippen molar-refractivity contribution in [1.82, 2.24) is 0 Å². The Balaban J connectivity index is 1.93. The molecule has 0 amide bonds. The summed E-state index contributed by atoms with van der Waals surface area (Å²) < 4.78 is 5.24. The summed E-state index contributed by atoms with van der Waals surface area (Å²) in [5, 5.41) is 5.84. The zero-order valence-corrected chi connectivity index (χ0v) is 15.0. The van der Waals surface area contributed by atoms with Gasteiger partial charge in [-0.1, -0.05) is 30.3 Å². The number of benzene rings is 1. The lowest BCUT2D eigenvalue weighted by molar-refractivity contribution is -0.116. The quantitative estimate of drug-likeness (QED) is 0.604. The maximum Gasteiger partial charge on any atom is 0.341 e. The highest BCUT2D eigenvalue weighted by molar-refractivity contribution is 7.15. The molecular formula is C20H21NO3S. The van der Waals surface area contributed by atoms with Crippen LogP contribution in [0.5, 0.6) is 0 Å². The fourth-order valence-corrected chi connectivity index (χ4v) is 3.83. The first-order valence-corrected chi connectivity index (χ1v) is 9.41. The number of carbonyl (C=O) groups is 2. The van der Waals surface area contributed by atoms with Gasteiger partial charge >= 0.3 is 5.97 Å². The van der Waals surface area contributed by atoms with Crippen molar-refractivity contribution in [2.75, 3.05) is 11.9 Å². The van der Waals surface area contributed by atoms with E-state index in [9.17, 15) is 9.59 Å². The average molecular weight is 355 g/mol. The fourth-order valence-electron chi connectivity index (χ4n) is 2.91. The number of ketones is 1. The standard InChI is InChI=1S/C20H21NO3S/c1-2-24-20(23)18-16(14-8-4-3-5-9-14)13-25-19(18)21-12-15-10-6-7-11-17(15)22/h3-5,8-9,12-13,21H,2,6-7,10-11H2,1H3/b15-12+. The first-order chi connectivity index (χ1) is 12.2. The molecule has 4 nitrogen and oxygen atoms in total. The van der Waals surface area contributed by atoms with Crippen LogP contribution in [0.4, 0.5) is 5.00 Å². The van der Waals surface area contributed by atoms with E-state index in [1.54, 1.807) is 13.1 Å². The van der Waals surface area contributed by atoms with Crippen LogP contribution < -0.4 is 5.32 Å². The van der Waals surface area contributed by atoms with E-state index in [0.717, 1.165) is 36.0 Å². The molecule has 1 saturated carbocycles. The van der Waals surface area contributed by atoms with Crippen LogP contribution in [0.25, 0.3) is 11.1 Å². The van der Waals surface area contributed by atoms with Crippen molar-refractivity contribution < 1.29 is 14.3 Å². The summed E-state index contributed by atoms with van der Waals surface area (Å²) in [6.45, 7) is 2.12.